The highest BCUT2D eigenvalue weighted by molar-refractivity contribution is 7.99. The van der Waals surface area contributed by atoms with Gasteiger partial charge in [-0.25, -0.2) is 0 Å². The number of anilines is 4. The zero-order chi connectivity index (χ0) is 18.8. The normalized spacial score (nSPS) is 12.2. The van der Waals surface area contributed by atoms with Gasteiger partial charge in [-0.2, -0.15) is 0 Å². The summed E-state index contributed by atoms with van der Waals surface area (Å²) in [5, 5.41) is 3.72. The number of benzene rings is 2. The van der Waals surface area contributed by atoms with Crippen LogP contribution in [0.5, 0.6) is 0 Å². The van der Waals surface area contributed by atoms with Crippen molar-refractivity contribution in [1.29, 1.82) is 0 Å². The number of nitrogens with zero attached hydrogens (tertiary/aromatic N) is 2. The van der Waals surface area contributed by atoms with E-state index in [2.05, 4.69) is 80.9 Å². The van der Waals surface area contributed by atoms with Crippen molar-refractivity contribution in [1.82, 2.24) is 0 Å². The van der Waals surface area contributed by atoms with Gasteiger partial charge in [0.1, 0.15) is 0 Å². The lowest BCUT2D eigenvalue weighted by Crippen LogP contribution is -2.22. The fourth-order valence-corrected chi connectivity index (χ4v) is 4.96. The molecule has 0 atom stereocenters. The monoisotopic (exact) mass is 369 g/mol. The standard InChI is InChI=1S/C22H31N3S/c1-7-24(8-2)17-11-15(5)21-19(13-17)26-20-14-18(25(9-3)10-4)12-16(6)22(20)23-21/h11-14,23H,7-10H2,1-6H3. The van der Waals surface area contributed by atoms with E-state index >= 15 is 0 Å². The quantitative estimate of drug-likeness (QED) is 0.557. The summed E-state index contributed by atoms with van der Waals surface area (Å²) in [5.74, 6) is 0. The Bertz CT molecular complexity index is 727. The van der Waals surface area contributed by atoms with Crippen molar-refractivity contribution in [2.24, 2.45) is 0 Å². The fourth-order valence-electron chi connectivity index (χ4n) is 3.74. The van der Waals surface area contributed by atoms with Gasteiger partial charge in [0.2, 0.25) is 0 Å². The van der Waals surface area contributed by atoms with Crippen LogP contribution in [0.25, 0.3) is 0 Å². The zero-order valence-electron chi connectivity index (χ0n) is 16.9. The molecule has 0 unspecified atom stereocenters. The first-order chi connectivity index (χ1) is 12.5. The van der Waals surface area contributed by atoms with Crippen molar-refractivity contribution in [3.63, 3.8) is 0 Å². The molecule has 3 nitrogen and oxygen atoms in total. The lowest BCUT2D eigenvalue weighted by molar-refractivity contribution is 0.862. The molecule has 0 spiro atoms. The molecule has 3 rings (SSSR count). The van der Waals surface area contributed by atoms with Crippen molar-refractivity contribution in [3.05, 3.63) is 35.4 Å². The minimum atomic E-state index is 1.04. The average molecular weight is 370 g/mol. The van der Waals surface area contributed by atoms with Crippen LogP contribution >= 0.6 is 11.8 Å². The Balaban J connectivity index is 2.03. The molecule has 2 aromatic carbocycles. The first kappa shape index (κ1) is 19.0. The summed E-state index contributed by atoms with van der Waals surface area (Å²) in [6.07, 6.45) is 0. The first-order valence-corrected chi connectivity index (χ1v) is 10.6. The summed E-state index contributed by atoms with van der Waals surface area (Å²) in [4.78, 5) is 7.49. The molecule has 140 valence electrons. The molecule has 4 heteroatoms. The second kappa shape index (κ2) is 7.83. The molecule has 1 aliphatic rings. The third-order valence-electron chi connectivity index (χ3n) is 5.30. The maximum Gasteiger partial charge on any atom is 0.0557 e. The Morgan fingerprint density at radius 3 is 1.42 bits per heavy atom. The Morgan fingerprint density at radius 2 is 1.08 bits per heavy atom. The van der Waals surface area contributed by atoms with Crippen molar-refractivity contribution >= 4 is 34.5 Å². The van der Waals surface area contributed by atoms with Crippen LogP contribution in [0.15, 0.2) is 34.1 Å². The Kier molecular flexibility index (Phi) is 5.71. The summed E-state index contributed by atoms with van der Waals surface area (Å²) >= 11 is 1.90. The third-order valence-corrected chi connectivity index (χ3v) is 6.38. The average Bonchev–Trinajstić information content (AvgIpc) is 2.63. The Labute approximate surface area is 162 Å². The number of hydrogen-bond acceptors (Lipinski definition) is 4. The molecule has 2 aromatic rings. The third kappa shape index (κ3) is 3.39. The largest absolute Gasteiger partial charge is 0.372 e. The highest BCUT2D eigenvalue weighted by Crippen LogP contribution is 2.49. The van der Waals surface area contributed by atoms with E-state index < -0.39 is 0 Å². The number of aryl methyl sites for hydroxylation is 2. The smallest absolute Gasteiger partial charge is 0.0557 e. The molecule has 0 radical (unpaired) electrons. The molecule has 26 heavy (non-hydrogen) atoms. The van der Waals surface area contributed by atoms with Gasteiger partial charge in [0, 0.05) is 47.3 Å². The van der Waals surface area contributed by atoms with Crippen molar-refractivity contribution in [2.75, 3.05) is 41.3 Å². The highest BCUT2D eigenvalue weighted by atomic mass is 32.2. The fraction of sp³-hybridized carbons (Fsp3) is 0.455. The predicted molar refractivity (Wildman–Crippen MR) is 117 cm³/mol. The van der Waals surface area contributed by atoms with E-state index in [4.69, 9.17) is 0 Å². The van der Waals surface area contributed by atoms with E-state index in [1.165, 1.54) is 43.7 Å². The second-order valence-electron chi connectivity index (χ2n) is 6.84. The van der Waals surface area contributed by atoms with Crippen LogP contribution in [-0.4, -0.2) is 26.2 Å². The first-order valence-electron chi connectivity index (χ1n) is 9.76. The summed E-state index contributed by atoms with van der Waals surface area (Å²) in [7, 11) is 0. The molecular formula is C22H31N3S. The minimum Gasteiger partial charge on any atom is -0.372 e. The van der Waals surface area contributed by atoms with Crippen LogP contribution in [0.4, 0.5) is 22.7 Å². The van der Waals surface area contributed by atoms with Gasteiger partial charge in [0.25, 0.3) is 0 Å². The molecule has 1 N–H and O–H groups in total. The van der Waals surface area contributed by atoms with Gasteiger partial charge in [0.05, 0.1) is 11.4 Å². The number of fused-ring (bicyclic) bond motifs is 2. The van der Waals surface area contributed by atoms with E-state index in [-0.39, 0.29) is 0 Å². The number of nitrogens with one attached hydrogen (secondary N) is 1. The molecule has 0 aromatic heterocycles. The van der Waals surface area contributed by atoms with Gasteiger partial charge < -0.3 is 15.1 Å². The minimum absolute atomic E-state index is 1.04. The molecule has 0 bridgehead atoms. The van der Waals surface area contributed by atoms with Gasteiger partial charge >= 0.3 is 0 Å². The van der Waals surface area contributed by atoms with Gasteiger partial charge in [-0.3, -0.25) is 0 Å². The predicted octanol–water partition coefficient (Wildman–Crippen LogP) is 6.20. The van der Waals surface area contributed by atoms with Crippen LogP contribution in [-0.2, 0) is 0 Å². The van der Waals surface area contributed by atoms with Gasteiger partial charge in [-0.15, -0.1) is 0 Å². The molecule has 1 heterocycles. The van der Waals surface area contributed by atoms with Crippen molar-refractivity contribution in [3.8, 4) is 0 Å². The SMILES string of the molecule is CCN(CC)c1cc(C)c2c(c1)Sc1cc(N(CC)CC)cc(C)c1N2. The Hall–Kier alpha value is -1.81. The summed E-state index contributed by atoms with van der Waals surface area (Å²) < 4.78 is 0. The van der Waals surface area contributed by atoms with E-state index in [0.717, 1.165) is 26.2 Å². The van der Waals surface area contributed by atoms with Crippen molar-refractivity contribution in [2.45, 2.75) is 51.3 Å². The molecule has 0 saturated heterocycles. The van der Waals surface area contributed by atoms with E-state index in [1.807, 2.05) is 11.8 Å². The maximum absolute atomic E-state index is 3.72. The van der Waals surface area contributed by atoms with Crippen LogP contribution in [0.1, 0.15) is 38.8 Å². The highest BCUT2D eigenvalue weighted by Gasteiger charge is 2.22. The zero-order valence-corrected chi connectivity index (χ0v) is 17.8. The summed E-state index contributed by atoms with van der Waals surface area (Å²) in [5.41, 5.74) is 7.79. The topological polar surface area (TPSA) is 18.5 Å². The van der Waals surface area contributed by atoms with Crippen LogP contribution < -0.4 is 15.1 Å². The van der Waals surface area contributed by atoms with Crippen LogP contribution in [0.3, 0.4) is 0 Å². The lowest BCUT2D eigenvalue weighted by atomic mass is 10.1. The molecule has 0 saturated carbocycles. The summed E-state index contributed by atoms with van der Waals surface area (Å²) in [6.45, 7) is 17.5. The number of rotatable bonds is 6. The molecule has 0 aliphatic carbocycles. The van der Waals surface area contributed by atoms with E-state index in [9.17, 15) is 0 Å². The number of hydrogen-bond donors (Lipinski definition) is 1. The van der Waals surface area contributed by atoms with Gasteiger partial charge in [-0.05, 0) is 76.9 Å². The lowest BCUT2D eigenvalue weighted by Gasteiger charge is -2.30. The Morgan fingerprint density at radius 1 is 0.692 bits per heavy atom. The summed E-state index contributed by atoms with van der Waals surface area (Å²) in [6, 6.07) is 9.30. The van der Waals surface area contributed by atoms with Crippen LogP contribution in [0, 0.1) is 13.8 Å². The molecular weight excluding hydrogens is 338 g/mol. The molecule has 1 aliphatic heterocycles. The molecule has 0 amide bonds. The van der Waals surface area contributed by atoms with Crippen LogP contribution in [0.2, 0.25) is 0 Å². The van der Waals surface area contributed by atoms with Gasteiger partial charge in [-0.1, -0.05) is 11.8 Å². The second-order valence-corrected chi connectivity index (χ2v) is 7.93. The van der Waals surface area contributed by atoms with Crippen molar-refractivity contribution < 1.29 is 0 Å². The van der Waals surface area contributed by atoms with E-state index in [1.54, 1.807) is 0 Å². The van der Waals surface area contributed by atoms with E-state index in [0.29, 0.717) is 0 Å². The van der Waals surface area contributed by atoms with Gasteiger partial charge in [0.15, 0.2) is 0 Å². The molecule has 0 fully saturated rings. The maximum atomic E-state index is 3.72.